The smallest absolute Gasteiger partial charge is 0.0891 e. The number of hydrogen-bond donors (Lipinski definition) is 1. The van der Waals surface area contributed by atoms with E-state index in [4.69, 9.17) is 4.74 Å². The summed E-state index contributed by atoms with van der Waals surface area (Å²) in [7, 11) is 0. The molecule has 21 heavy (non-hydrogen) atoms. The Morgan fingerprint density at radius 2 is 1.81 bits per heavy atom. The van der Waals surface area contributed by atoms with Crippen molar-refractivity contribution in [1.29, 1.82) is 0 Å². The quantitative estimate of drug-likeness (QED) is 0.862. The van der Waals surface area contributed by atoms with Gasteiger partial charge >= 0.3 is 0 Å². The predicted molar refractivity (Wildman–Crippen MR) is 87.0 cm³/mol. The third-order valence-electron chi connectivity index (χ3n) is 4.16. The Morgan fingerprint density at radius 3 is 2.48 bits per heavy atom. The van der Waals surface area contributed by atoms with Crippen LogP contribution in [0.5, 0.6) is 0 Å². The summed E-state index contributed by atoms with van der Waals surface area (Å²) in [5, 5.41) is 3.40. The molecule has 118 valence electrons. The van der Waals surface area contributed by atoms with Crippen molar-refractivity contribution >= 4 is 0 Å². The Labute approximate surface area is 129 Å². The van der Waals surface area contributed by atoms with Crippen LogP contribution in [0.2, 0.25) is 0 Å². The van der Waals surface area contributed by atoms with Crippen molar-refractivity contribution < 1.29 is 4.74 Å². The van der Waals surface area contributed by atoms with Gasteiger partial charge < -0.3 is 10.1 Å². The summed E-state index contributed by atoms with van der Waals surface area (Å²) in [6.45, 7) is 10.4. The van der Waals surface area contributed by atoms with Gasteiger partial charge in [0.1, 0.15) is 0 Å². The van der Waals surface area contributed by atoms with E-state index in [2.05, 4.69) is 56.2 Å². The van der Waals surface area contributed by atoms with Crippen LogP contribution < -0.4 is 5.32 Å². The topological polar surface area (TPSA) is 34.1 Å². The highest BCUT2D eigenvalue weighted by Gasteiger charge is 2.24. The van der Waals surface area contributed by atoms with Gasteiger partial charge in [-0.15, -0.1) is 0 Å². The maximum absolute atomic E-state index is 6.11. The first-order valence-electron chi connectivity index (χ1n) is 8.32. The number of rotatable bonds is 6. The van der Waals surface area contributed by atoms with Crippen molar-refractivity contribution in [3.05, 3.63) is 29.6 Å². The molecule has 1 aliphatic carbocycles. The largest absolute Gasteiger partial charge is 0.372 e. The molecule has 1 N–H and O–H groups in total. The number of ether oxygens (including phenoxy) is 1. The van der Waals surface area contributed by atoms with Crippen molar-refractivity contribution in [2.45, 2.75) is 72.3 Å². The zero-order valence-corrected chi connectivity index (χ0v) is 13.9. The number of pyridine rings is 1. The molecule has 2 atom stereocenters. The molecule has 1 heterocycles. The molecule has 1 fully saturated rings. The van der Waals surface area contributed by atoms with Crippen LogP contribution in [0.4, 0.5) is 0 Å². The highest BCUT2D eigenvalue weighted by atomic mass is 16.5. The molecule has 0 aromatic carbocycles. The van der Waals surface area contributed by atoms with Crippen LogP contribution in [-0.2, 0) is 17.9 Å². The van der Waals surface area contributed by atoms with E-state index in [-0.39, 0.29) is 0 Å². The average Bonchev–Trinajstić information content (AvgIpc) is 2.42. The van der Waals surface area contributed by atoms with E-state index in [0.717, 1.165) is 29.8 Å². The fourth-order valence-electron chi connectivity index (χ4n) is 3.23. The molecule has 2 rings (SSSR count). The summed E-state index contributed by atoms with van der Waals surface area (Å²) >= 11 is 0. The molecule has 0 saturated heterocycles. The first-order chi connectivity index (χ1) is 10.0. The lowest BCUT2D eigenvalue weighted by Crippen LogP contribution is -2.26. The van der Waals surface area contributed by atoms with Crippen molar-refractivity contribution in [2.24, 2.45) is 11.8 Å². The minimum Gasteiger partial charge on any atom is -0.372 e. The maximum Gasteiger partial charge on any atom is 0.0891 e. The molecule has 0 spiro atoms. The van der Waals surface area contributed by atoms with Gasteiger partial charge in [-0.3, -0.25) is 4.98 Å². The van der Waals surface area contributed by atoms with E-state index in [1.54, 1.807) is 0 Å². The molecule has 2 unspecified atom stereocenters. The Bertz CT molecular complexity index is 423. The van der Waals surface area contributed by atoms with Gasteiger partial charge in [0.05, 0.1) is 24.1 Å². The number of aromatic nitrogens is 1. The van der Waals surface area contributed by atoms with Gasteiger partial charge in [0.25, 0.3) is 0 Å². The van der Waals surface area contributed by atoms with E-state index < -0.39 is 0 Å². The second-order valence-electron chi connectivity index (χ2n) is 7.01. The molecule has 1 aromatic rings. The van der Waals surface area contributed by atoms with Crippen molar-refractivity contribution in [3.63, 3.8) is 0 Å². The molecule has 3 heteroatoms. The Morgan fingerprint density at radius 1 is 1.14 bits per heavy atom. The highest BCUT2D eigenvalue weighted by Crippen LogP contribution is 2.30. The van der Waals surface area contributed by atoms with Crippen LogP contribution in [0.15, 0.2) is 18.2 Å². The monoisotopic (exact) mass is 290 g/mol. The summed E-state index contributed by atoms with van der Waals surface area (Å²) in [6.07, 6.45) is 4.13. The van der Waals surface area contributed by atoms with Crippen LogP contribution in [0.1, 0.15) is 58.3 Å². The van der Waals surface area contributed by atoms with Gasteiger partial charge in [-0.25, -0.2) is 0 Å². The van der Waals surface area contributed by atoms with Crippen LogP contribution in [0, 0.1) is 11.8 Å². The fraction of sp³-hybridized carbons (Fsp3) is 0.722. The Hall–Kier alpha value is -0.930. The second-order valence-corrected chi connectivity index (χ2v) is 7.01. The minimum absolute atomic E-state index is 0.406. The molecule has 0 radical (unpaired) electrons. The lowest BCUT2D eigenvalue weighted by atomic mass is 9.82. The number of nitrogens with zero attached hydrogens (tertiary/aromatic N) is 1. The lowest BCUT2D eigenvalue weighted by Gasteiger charge is -2.31. The minimum atomic E-state index is 0.406. The molecular weight excluding hydrogens is 260 g/mol. The summed E-state index contributed by atoms with van der Waals surface area (Å²) in [6, 6.07) is 6.70. The van der Waals surface area contributed by atoms with Gasteiger partial charge in [0.15, 0.2) is 0 Å². The molecular formula is C18H30N2O. The third kappa shape index (κ3) is 5.76. The SMILES string of the molecule is CC1CC(C)CC(OCc2cccc(CNC(C)C)n2)C1. The van der Waals surface area contributed by atoms with Crippen LogP contribution >= 0.6 is 0 Å². The molecule has 0 aliphatic heterocycles. The van der Waals surface area contributed by atoms with Gasteiger partial charge in [-0.1, -0.05) is 33.8 Å². The average molecular weight is 290 g/mol. The summed E-state index contributed by atoms with van der Waals surface area (Å²) < 4.78 is 6.11. The number of nitrogens with one attached hydrogen (secondary N) is 1. The predicted octanol–water partition coefficient (Wildman–Crippen LogP) is 3.92. The zero-order chi connectivity index (χ0) is 15.2. The molecule has 1 saturated carbocycles. The Kier molecular flexibility index (Phi) is 6.19. The normalized spacial score (nSPS) is 26.2. The fourth-order valence-corrected chi connectivity index (χ4v) is 3.23. The first-order valence-corrected chi connectivity index (χ1v) is 8.32. The maximum atomic E-state index is 6.11. The van der Waals surface area contributed by atoms with Crippen molar-refractivity contribution in [1.82, 2.24) is 10.3 Å². The van der Waals surface area contributed by atoms with Crippen molar-refractivity contribution in [2.75, 3.05) is 0 Å². The molecule has 1 aromatic heterocycles. The second kappa shape index (κ2) is 7.90. The van der Waals surface area contributed by atoms with Crippen LogP contribution in [0.3, 0.4) is 0 Å². The number of hydrogen-bond acceptors (Lipinski definition) is 3. The molecule has 1 aliphatic rings. The summed E-state index contributed by atoms with van der Waals surface area (Å²) in [5.41, 5.74) is 2.14. The zero-order valence-electron chi connectivity index (χ0n) is 13.9. The lowest BCUT2D eigenvalue weighted by molar-refractivity contribution is -0.0105. The van der Waals surface area contributed by atoms with Gasteiger partial charge in [-0.2, -0.15) is 0 Å². The summed E-state index contributed by atoms with van der Waals surface area (Å²) in [4.78, 5) is 4.68. The highest BCUT2D eigenvalue weighted by molar-refractivity contribution is 5.10. The van der Waals surface area contributed by atoms with Gasteiger partial charge in [-0.05, 0) is 43.2 Å². The molecule has 0 amide bonds. The standard InChI is InChI=1S/C18H30N2O/c1-13(2)19-11-16-6-5-7-17(20-16)12-21-18-9-14(3)8-15(4)10-18/h5-7,13-15,18-19H,8-12H2,1-4H3. The van der Waals surface area contributed by atoms with E-state index in [1.807, 2.05) is 0 Å². The van der Waals surface area contributed by atoms with E-state index in [1.165, 1.54) is 19.3 Å². The van der Waals surface area contributed by atoms with Gasteiger partial charge in [0, 0.05) is 12.6 Å². The van der Waals surface area contributed by atoms with E-state index in [0.29, 0.717) is 18.8 Å². The summed E-state index contributed by atoms with van der Waals surface area (Å²) in [5.74, 6) is 1.57. The molecule has 3 nitrogen and oxygen atoms in total. The van der Waals surface area contributed by atoms with Crippen LogP contribution in [-0.4, -0.2) is 17.1 Å². The van der Waals surface area contributed by atoms with Crippen LogP contribution in [0.25, 0.3) is 0 Å². The van der Waals surface area contributed by atoms with E-state index in [9.17, 15) is 0 Å². The van der Waals surface area contributed by atoms with E-state index >= 15 is 0 Å². The third-order valence-corrected chi connectivity index (χ3v) is 4.16. The molecule has 0 bridgehead atoms. The Balaban J connectivity index is 1.83. The van der Waals surface area contributed by atoms with Gasteiger partial charge in [0.2, 0.25) is 0 Å². The first kappa shape index (κ1) is 16.4. The van der Waals surface area contributed by atoms with Crippen molar-refractivity contribution in [3.8, 4) is 0 Å².